The van der Waals surface area contributed by atoms with Crippen molar-refractivity contribution in [1.82, 2.24) is 10.2 Å². The number of urea groups is 1. The molecule has 1 atom stereocenters. The zero-order valence-electron chi connectivity index (χ0n) is 15.7. The Hall–Kier alpha value is -3.46. The second-order valence-electron chi connectivity index (χ2n) is 6.91. The molecule has 2 aliphatic heterocycles. The zero-order chi connectivity index (χ0) is 20.6. The van der Waals surface area contributed by atoms with Crippen molar-refractivity contribution in [3.8, 4) is 5.75 Å². The van der Waals surface area contributed by atoms with Crippen molar-refractivity contribution in [2.75, 3.05) is 6.79 Å². The summed E-state index contributed by atoms with van der Waals surface area (Å²) in [6.07, 6.45) is 0.371. The molecule has 2 aromatic carbocycles. The van der Waals surface area contributed by atoms with E-state index in [9.17, 15) is 19.7 Å². The highest BCUT2D eigenvalue weighted by molar-refractivity contribution is 6.07. The highest BCUT2D eigenvalue weighted by atomic mass is 16.7. The Morgan fingerprint density at radius 2 is 2.00 bits per heavy atom. The molecule has 0 saturated carbocycles. The van der Waals surface area contributed by atoms with Crippen LogP contribution >= 0.6 is 0 Å². The van der Waals surface area contributed by atoms with Crippen LogP contribution in [0.2, 0.25) is 0 Å². The summed E-state index contributed by atoms with van der Waals surface area (Å²) in [5.41, 5.74) is 0.278. The van der Waals surface area contributed by atoms with Crippen LogP contribution in [0.5, 0.6) is 5.75 Å². The Bertz CT molecular complexity index is 993. The predicted molar refractivity (Wildman–Crippen MR) is 101 cm³/mol. The quantitative estimate of drug-likeness (QED) is 0.472. The maximum atomic E-state index is 13.3. The fraction of sp³-hybridized carbons (Fsp3) is 0.300. The van der Waals surface area contributed by atoms with E-state index in [1.807, 2.05) is 13.0 Å². The molecule has 2 heterocycles. The number of nitro benzene ring substituents is 1. The summed E-state index contributed by atoms with van der Waals surface area (Å²) in [4.78, 5) is 37.9. The van der Waals surface area contributed by atoms with Gasteiger partial charge in [0, 0.05) is 23.3 Å². The number of ether oxygens (including phenoxy) is 2. The lowest BCUT2D eigenvalue weighted by atomic mass is 9.87. The number of imide groups is 1. The monoisotopic (exact) mass is 397 g/mol. The maximum absolute atomic E-state index is 13.3. The van der Waals surface area contributed by atoms with Crippen LogP contribution < -0.4 is 10.1 Å². The summed E-state index contributed by atoms with van der Waals surface area (Å²) < 4.78 is 10.7. The third-order valence-electron chi connectivity index (χ3n) is 5.28. The molecule has 0 bridgehead atoms. The number of nitrogens with one attached hydrogen (secondary N) is 1. The van der Waals surface area contributed by atoms with Gasteiger partial charge in [0.05, 0.1) is 18.1 Å². The summed E-state index contributed by atoms with van der Waals surface area (Å²) in [5.74, 6) is 0.0136. The van der Waals surface area contributed by atoms with Crippen LogP contribution in [0, 0.1) is 10.1 Å². The second-order valence-corrected chi connectivity index (χ2v) is 6.91. The van der Waals surface area contributed by atoms with Crippen LogP contribution in [0.1, 0.15) is 30.0 Å². The summed E-state index contributed by atoms with van der Waals surface area (Å²) >= 11 is 0. The van der Waals surface area contributed by atoms with E-state index in [-0.39, 0.29) is 25.6 Å². The molecule has 4 rings (SSSR count). The molecule has 1 fully saturated rings. The van der Waals surface area contributed by atoms with Gasteiger partial charge < -0.3 is 14.8 Å². The molecular weight excluding hydrogens is 378 g/mol. The Kier molecular flexibility index (Phi) is 4.67. The van der Waals surface area contributed by atoms with E-state index in [0.717, 1.165) is 4.90 Å². The molecule has 3 amide bonds. The first-order valence-corrected chi connectivity index (χ1v) is 9.16. The normalized spacial score (nSPS) is 20.8. The Labute approximate surface area is 166 Å². The highest BCUT2D eigenvalue weighted by Crippen LogP contribution is 2.37. The van der Waals surface area contributed by atoms with E-state index in [2.05, 4.69) is 5.32 Å². The largest absolute Gasteiger partial charge is 0.467 e. The lowest BCUT2D eigenvalue weighted by Gasteiger charge is -2.26. The Morgan fingerprint density at radius 1 is 1.24 bits per heavy atom. The molecule has 1 unspecified atom stereocenters. The van der Waals surface area contributed by atoms with E-state index in [4.69, 9.17) is 9.47 Å². The van der Waals surface area contributed by atoms with Crippen molar-refractivity contribution in [3.63, 3.8) is 0 Å². The van der Waals surface area contributed by atoms with Crippen molar-refractivity contribution in [2.24, 2.45) is 0 Å². The number of hydrogen-bond acceptors (Lipinski definition) is 6. The van der Waals surface area contributed by atoms with Crippen molar-refractivity contribution in [1.29, 1.82) is 0 Å². The van der Waals surface area contributed by atoms with Crippen molar-refractivity contribution in [3.05, 3.63) is 69.3 Å². The molecule has 2 aromatic rings. The molecule has 29 heavy (non-hydrogen) atoms. The molecule has 2 aliphatic rings. The van der Waals surface area contributed by atoms with Crippen molar-refractivity contribution < 1.29 is 24.0 Å². The van der Waals surface area contributed by atoms with Crippen LogP contribution in [0.25, 0.3) is 0 Å². The SMILES string of the molecule is CCC1(c2ccccc2)NC(=O)N(Cc2cc([N+](=O)[O-])cc3c2OCOC3)C1=O. The van der Waals surface area contributed by atoms with Gasteiger partial charge in [-0.05, 0) is 12.0 Å². The minimum atomic E-state index is -1.16. The van der Waals surface area contributed by atoms with Gasteiger partial charge in [-0.25, -0.2) is 4.79 Å². The number of fused-ring (bicyclic) bond motifs is 1. The van der Waals surface area contributed by atoms with Gasteiger partial charge >= 0.3 is 6.03 Å². The van der Waals surface area contributed by atoms with Crippen molar-refractivity contribution in [2.45, 2.75) is 32.0 Å². The van der Waals surface area contributed by atoms with Crippen LogP contribution in [0.15, 0.2) is 42.5 Å². The van der Waals surface area contributed by atoms with Gasteiger partial charge in [0.15, 0.2) is 6.79 Å². The van der Waals surface area contributed by atoms with Gasteiger partial charge in [-0.3, -0.25) is 19.8 Å². The van der Waals surface area contributed by atoms with E-state index < -0.39 is 22.4 Å². The average molecular weight is 397 g/mol. The number of amides is 3. The first-order chi connectivity index (χ1) is 14.0. The molecule has 1 saturated heterocycles. The predicted octanol–water partition coefficient (Wildman–Crippen LogP) is 2.82. The van der Waals surface area contributed by atoms with Crippen LogP contribution in [0.3, 0.4) is 0 Å². The number of rotatable bonds is 5. The minimum absolute atomic E-state index is 0.000860. The number of nitro groups is 1. The summed E-state index contributed by atoms with van der Waals surface area (Å²) in [5, 5.41) is 14.1. The van der Waals surface area contributed by atoms with Gasteiger partial charge in [0.1, 0.15) is 11.3 Å². The smallest absolute Gasteiger partial charge is 0.325 e. The third kappa shape index (κ3) is 3.09. The first kappa shape index (κ1) is 18.9. The lowest BCUT2D eigenvalue weighted by Crippen LogP contribution is -2.43. The minimum Gasteiger partial charge on any atom is -0.467 e. The molecule has 150 valence electrons. The van der Waals surface area contributed by atoms with E-state index >= 15 is 0 Å². The lowest BCUT2D eigenvalue weighted by molar-refractivity contribution is -0.385. The highest BCUT2D eigenvalue weighted by Gasteiger charge is 2.51. The molecule has 9 heteroatoms. The number of hydrogen-bond donors (Lipinski definition) is 1. The van der Waals surface area contributed by atoms with Gasteiger partial charge in [-0.15, -0.1) is 0 Å². The van der Waals surface area contributed by atoms with E-state index in [1.165, 1.54) is 12.1 Å². The fourth-order valence-electron chi connectivity index (χ4n) is 3.81. The number of benzene rings is 2. The number of non-ortho nitro benzene ring substituents is 1. The molecule has 0 radical (unpaired) electrons. The first-order valence-electron chi connectivity index (χ1n) is 9.16. The number of carbonyl (C=O) groups is 2. The molecule has 1 N–H and O–H groups in total. The molecule has 9 nitrogen and oxygen atoms in total. The van der Waals surface area contributed by atoms with Crippen LogP contribution in [-0.4, -0.2) is 28.6 Å². The number of carbonyl (C=O) groups excluding carboxylic acids is 2. The maximum Gasteiger partial charge on any atom is 0.325 e. The summed E-state index contributed by atoms with van der Waals surface area (Å²) in [6.45, 7) is 1.85. The summed E-state index contributed by atoms with van der Waals surface area (Å²) in [7, 11) is 0. The summed E-state index contributed by atoms with van der Waals surface area (Å²) in [6, 6.07) is 11.2. The molecular formula is C20H19N3O6. The average Bonchev–Trinajstić information content (AvgIpc) is 2.99. The Morgan fingerprint density at radius 3 is 2.69 bits per heavy atom. The van der Waals surface area contributed by atoms with Gasteiger partial charge in [-0.1, -0.05) is 37.3 Å². The van der Waals surface area contributed by atoms with Crippen LogP contribution in [0.4, 0.5) is 10.5 Å². The molecule has 0 spiro atoms. The molecule has 0 aromatic heterocycles. The number of nitrogens with zero attached hydrogens (tertiary/aromatic N) is 2. The topological polar surface area (TPSA) is 111 Å². The Balaban J connectivity index is 1.72. The van der Waals surface area contributed by atoms with Gasteiger partial charge in [0.25, 0.3) is 11.6 Å². The zero-order valence-corrected chi connectivity index (χ0v) is 15.7. The van der Waals surface area contributed by atoms with Gasteiger partial charge in [0.2, 0.25) is 0 Å². The fourth-order valence-corrected chi connectivity index (χ4v) is 3.81. The standard InChI is InChI=1S/C20H19N3O6/c1-2-20(15-6-4-3-5-7-15)18(24)22(19(25)21-20)10-13-8-16(23(26)27)9-14-11-28-12-29-17(13)14/h3-9H,2,10-12H2,1H3,(H,21,25). The van der Waals surface area contributed by atoms with Gasteiger partial charge in [-0.2, -0.15) is 0 Å². The third-order valence-corrected chi connectivity index (χ3v) is 5.28. The van der Waals surface area contributed by atoms with Crippen molar-refractivity contribution >= 4 is 17.6 Å². The van der Waals surface area contributed by atoms with E-state index in [1.54, 1.807) is 24.3 Å². The van der Waals surface area contributed by atoms with E-state index in [0.29, 0.717) is 28.9 Å². The van der Waals surface area contributed by atoms with Crippen LogP contribution in [-0.2, 0) is 28.2 Å². The molecule has 0 aliphatic carbocycles. The second kappa shape index (κ2) is 7.17.